The van der Waals surface area contributed by atoms with E-state index in [2.05, 4.69) is 20.9 Å². The van der Waals surface area contributed by atoms with Gasteiger partial charge in [0.25, 0.3) is 0 Å². The van der Waals surface area contributed by atoms with Crippen LogP contribution in [-0.4, -0.2) is 64.2 Å². The average Bonchev–Trinajstić information content (AvgIpc) is 3.28. The van der Waals surface area contributed by atoms with E-state index in [0.717, 1.165) is 29.3 Å². The van der Waals surface area contributed by atoms with E-state index < -0.39 is 36.0 Å². The van der Waals surface area contributed by atoms with E-state index in [1.54, 1.807) is 11.8 Å². The molecule has 1 aromatic heterocycles. The fourth-order valence-electron chi connectivity index (χ4n) is 4.99. The zero-order valence-corrected chi connectivity index (χ0v) is 20.6. The number of H-pyrrole nitrogens is 1. The van der Waals surface area contributed by atoms with Crippen molar-refractivity contribution in [1.82, 2.24) is 25.8 Å². The molecule has 5 atom stereocenters. The summed E-state index contributed by atoms with van der Waals surface area (Å²) in [5.41, 5.74) is 1.82. The van der Waals surface area contributed by atoms with Crippen LogP contribution in [0.3, 0.4) is 0 Å². The van der Waals surface area contributed by atoms with Crippen LogP contribution in [0, 0.1) is 5.92 Å². The summed E-state index contributed by atoms with van der Waals surface area (Å²) in [7, 11) is 0. The van der Waals surface area contributed by atoms with Gasteiger partial charge < -0.3 is 25.8 Å². The molecule has 0 spiro atoms. The lowest BCUT2D eigenvalue weighted by Gasteiger charge is -2.39. The maximum absolute atomic E-state index is 13.7. The van der Waals surface area contributed by atoms with Gasteiger partial charge in [-0.25, -0.2) is 0 Å². The third kappa shape index (κ3) is 5.18. The lowest BCUT2D eigenvalue weighted by molar-refractivity contribution is -0.147. The fraction of sp³-hybridized carbons (Fsp3) is 0.538. The minimum Gasteiger partial charge on any atom is -0.361 e. The van der Waals surface area contributed by atoms with E-state index in [-0.39, 0.29) is 24.2 Å². The first-order chi connectivity index (χ1) is 16.8. The Morgan fingerprint density at radius 1 is 1.00 bits per heavy atom. The zero-order chi connectivity index (χ0) is 25.1. The lowest BCUT2D eigenvalue weighted by atomic mass is 9.93. The van der Waals surface area contributed by atoms with Crippen LogP contribution in [0.25, 0.3) is 10.9 Å². The summed E-state index contributed by atoms with van der Waals surface area (Å²) in [6.07, 6.45) is 4.93. The number of hydrogen-bond acceptors (Lipinski definition) is 4. The monoisotopic (exact) mass is 481 g/mol. The Morgan fingerprint density at radius 2 is 1.77 bits per heavy atom. The highest BCUT2D eigenvalue weighted by Gasteiger charge is 2.40. The first kappa shape index (κ1) is 24.8. The summed E-state index contributed by atoms with van der Waals surface area (Å²) < 4.78 is 0. The summed E-state index contributed by atoms with van der Waals surface area (Å²) in [5.74, 6) is -1.55. The Hall–Kier alpha value is -3.36. The molecule has 0 bridgehead atoms. The number of carbonyl (C=O) groups is 4. The second kappa shape index (κ2) is 10.5. The van der Waals surface area contributed by atoms with Gasteiger partial charge in [-0.1, -0.05) is 38.5 Å². The molecule has 4 N–H and O–H groups in total. The molecule has 2 saturated heterocycles. The van der Waals surface area contributed by atoms with Crippen LogP contribution in [0.2, 0.25) is 0 Å². The van der Waals surface area contributed by atoms with Crippen LogP contribution >= 0.6 is 0 Å². The van der Waals surface area contributed by atoms with Crippen LogP contribution < -0.4 is 16.0 Å². The topological polar surface area (TPSA) is 123 Å². The number of amides is 4. The molecular weight excluding hydrogens is 446 g/mol. The highest BCUT2D eigenvalue weighted by atomic mass is 16.2. The first-order valence-electron chi connectivity index (χ1n) is 12.6. The SMILES string of the molecule is CCC(C)[C@@H]1NC(=O)C(Cc2c[nH]c3ccccc23)NC(=O)[C@H](C)NC(=O)[C@H]2CCCCN2C1=O. The highest BCUT2D eigenvalue weighted by Crippen LogP contribution is 2.23. The number of aromatic nitrogens is 1. The molecule has 9 nitrogen and oxygen atoms in total. The largest absolute Gasteiger partial charge is 0.361 e. The molecule has 4 rings (SSSR count). The van der Waals surface area contributed by atoms with Gasteiger partial charge in [0.1, 0.15) is 24.2 Å². The maximum Gasteiger partial charge on any atom is 0.246 e. The average molecular weight is 482 g/mol. The molecule has 0 radical (unpaired) electrons. The van der Waals surface area contributed by atoms with E-state index in [1.807, 2.05) is 44.3 Å². The van der Waals surface area contributed by atoms with Gasteiger partial charge in [0, 0.05) is 30.1 Å². The van der Waals surface area contributed by atoms with Crippen LogP contribution in [0.5, 0.6) is 0 Å². The summed E-state index contributed by atoms with van der Waals surface area (Å²) in [6, 6.07) is 4.58. The Morgan fingerprint density at radius 3 is 2.54 bits per heavy atom. The molecular formula is C26H35N5O4. The van der Waals surface area contributed by atoms with Crippen molar-refractivity contribution in [3.8, 4) is 0 Å². The zero-order valence-electron chi connectivity index (χ0n) is 20.6. The van der Waals surface area contributed by atoms with Gasteiger partial charge in [-0.15, -0.1) is 0 Å². The second-order valence-corrected chi connectivity index (χ2v) is 9.77. The summed E-state index contributed by atoms with van der Waals surface area (Å²) >= 11 is 0. The normalized spacial score (nSPS) is 27.2. The Labute approximate surface area is 205 Å². The number of carbonyl (C=O) groups excluding carboxylic acids is 4. The Balaban J connectivity index is 1.68. The molecule has 2 aromatic rings. The molecule has 2 unspecified atom stereocenters. The minimum absolute atomic E-state index is 0.136. The quantitative estimate of drug-likeness (QED) is 0.530. The van der Waals surface area contributed by atoms with Crippen LogP contribution in [0.15, 0.2) is 30.5 Å². The van der Waals surface area contributed by atoms with E-state index in [4.69, 9.17) is 0 Å². The van der Waals surface area contributed by atoms with E-state index in [9.17, 15) is 19.2 Å². The number of piperidine rings is 1. The van der Waals surface area contributed by atoms with Crippen molar-refractivity contribution in [3.63, 3.8) is 0 Å². The predicted molar refractivity (Wildman–Crippen MR) is 132 cm³/mol. The van der Waals surface area contributed by atoms with Crippen LogP contribution in [0.1, 0.15) is 52.0 Å². The summed E-state index contributed by atoms with van der Waals surface area (Å²) in [4.78, 5) is 58.1. The van der Waals surface area contributed by atoms with Crippen LogP contribution in [-0.2, 0) is 25.6 Å². The van der Waals surface area contributed by atoms with Gasteiger partial charge in [0.15, 0.2) is 0 Å². The number of nitrogens with zero attached hydrogens (tertiary/aromatic N) is 1. The number of fused-ring (bicyclic) bond motifs is 2. The smallest absolute Gasteiger partial charge is 0.246 e. The van der Waals surface area contributed by atoms with Gasteiger partial charge in [0.2, 0.25) is 23.6 Å². The molecule has 188 valence electrons. The van der Waals surface area contributed by atoms with Crippen molar-refractivity contribution >= 4 is 34.5 Å². The number of para-hydroxylation sites is 1. The van der Waals surface area contributed by atoms with Gasteiger partial charge in [-0.05, 0) is 43.7 Å². The Bertz CT molecular complexity index is 1110. The molecule has 2 fully saturated rings. The molecule has 2 aliphatic heterocycles. The third-order valence-electron chi connectivity index (χ3n) is 7.35. The van der Waals surface area contributed by atoms with Gasteiger partial charge in [-0.3, -0.25) is 19.2 Å². The number of hydrogen-bond donors (Lipinski definition) is 4. The van der Waals surface area contributed by atoms with E-state index in [1.165, 1.54) is 0 Å². The summed E-state index contributed by atoms with van der Waals surface area (Å²) in [5, 5.41) is 9.49. The molecule has 9 heteroatoms. The molecule has 0 aliphatic carbocycles. The predicted octanol–water partition coefficient (Wildman–Crippen LogP) is 1.63. The van der Waals surface area contributed by atoms with Crippen molar-refractivity contribution in [2.75, 3.05) is 6.54 Å². The van der Waals surface area contributed by atoms with Crippen molar-refractivity contribution in [2.45, 2.75) is 77.0 Å². The Kier molecular flexibility index (Phi) is 7.42. The van der Waals surface area contributed by atoms with Crippen molar-refractivity contribution < 1.29 is 19.2 Å². The summed E-state index contributed by atoms with van der Waals surface area (Å²) in [6.45, 7) is 5.94. The van der Waals surface area contributed by atoms with Crippen molar-refractivity contribution in [3.05, 3.63) is 36.0 Å². The van der Waals surface area contributed by atoms with Gasteiger partial charge >= 0.3 is 0 Å². The molecule has 0 saturated carbocycles. The molecule has 3 heterocycles. The van der Waals surface area contributed by atoms with Gasteiger partial charge in [-0.2, -0.15) is 0 Å². The molecule has 2 aliphatic rings. The minimum atomic E-state index is -0.906. The standard InChI is InChI=1S/C26H35N5O4/c1-4-15(2)22-26(35)31-12-8-7-11-21(31)25(34)28-16(3)23(32)29-20(24(33)30-22)13-17-14-27-19-10-6-5-9-18(17)19/h5-6,9-10,14-16,20-22,27H,4,7-8,11-13H2,1-3H3,(H,28,34)(H,29,32)(H,30,33)/t15?,16-,20?,21+,22-/m0/s1. The number of nitrogens with one attached hydrogen (secondary N) is 4. The molecule has 4 amide bonds. The first-order valence-corrected chi connectivity index (χ1v) is 12.6. The molecule has 1 aromatic carbocycles. The van der Waals surface area contributed by atoms with Crippen molar-refractivity contribution in [2.24, 2.45) is 5.92 Å². The number of rotatable bonds is 4. The van der Waals surface area contributed by atoms with Gasteiger partial charge in [0.05, 0.1) is 0 Å². The van der Waals surface area contributed by atoms with Crippen LogP contribution in [0.4, 0.5) is 0 Å². The fourth-order valence-corrected chi connectivity index (χ4v) is 4.99. The van der Waals surface area contributed by atoms with Crippen molar-refractivity contribution in [1.29, 1.82) is 0 Å². The second-order valence-electron chi connectivity index (χ2n) is 9.77. The third-order valence-corrected chi connectivity index (χ3v) is 7.35. The number of aromatic amines is 1. The maximum atomic E-state index is 13.7. The molecule has 35 heavy (non-hydrogen) atoms. The van der Waals surface area contributed by atoms with E-state index in [0.29, 0.717) is 19.4 Å². The number of benzene rings is 1. The lowest BCUT2D eigenvalue weighted by Crippen LogP contribution is -2.64. The highest BCUT2D eigenvalue weighted by molar-refractivity contribution is 5.98. The van der Waals surface area contributed by atoms with E-state index >= 15 is 0 Å².